The maximum atomic E-state index is 11.2. The van der Waals surface area contributed by atoms with E-state index in [2.05, 4.69) is 25.9 Å². The highest BCUT2D eigenvalue weighted by Crippen LogP contribution is 2.20. The Labute approximate surface area is 156 Å². The molecule has 1 heterocycles. The van der Waals surface area contributed by atoms with Crippen molar-refractivity contribution in [3.05, 3.63) is 71.4 Å². The first-order valence-electron chi connectivity index (χ1n) is 8.05. The zero-order valence-electron chi connectivity index (χ0n) is 14.2. The minimum atomic E-state index is -0.121. The molecule has 0 aliphatic rings. The molecule has 0 aliphatic heterocycles. The van der Waals surface area contributed by atoms with Crippen LogP contribution in [0.3, 0.4) is 0 Å². The second-order valence-electron chi connectivity index (χ2n) is 5.60. The molecule has 3 aromatic rings. The lowest BCUT2D eigenvalue weighted by molar-refractivity contribution is -0.114. The monoisotopic (exact) mass is 367 g/mol. The van der Waals surface area contributed by atoms with Gasteiger partial charge in [0.1, 0.15) is 5.82 Å². The zero-order valence-corrected chi connectivity index (χ0v) is 14.9. The summed E-state index contributed by atoms with van der Waals surface area (Å²) in [4.78, 5) is 19.8. The molecule has 2 aromatic carbocycles. The molecular formula is C19H18ClN5O. The number of anilines is 4. The lowest BCUT2D eigenvalue weighted by Gasteiger charge is -2.10. The molecule has 0 radical (unpaired) electrons. The lowest BCUT2D eigenvalue weighted by atomic mass is 10.2. The smallest absolute Gasteiger partial charge is 0.229 e. The molecule has 0 bridgehead atoms. The molecule has 1 amide bonds. The number of nitrogens with one attached hydrogen (secondary N) is 3. The van der Waals surface area contributed by atoms with Gasteiger partial charge in [0.25, 0.3) is 0 Å². The summed E-state index contributed by atoms with van der Waals surface area (Å²) in [7, 11) is 0. The summed E-state index contributed by atoms with van der Waals surface area (Å²) >= 11 is 6.16. The first-order valence-corrected chi connectivity index (χ1v) is 8.43. The van der Waals surface area contributed by atoms with Crippen LogP contribution in [0, 0.1) is 0 Å². The molecule has 0 spiro atoms. The first kappa shape index (κ1) is 17.7. The zero-order chi connectivity index (χ0) is 18.4. The van der Waals surface area contributed by atoms with Gasteiger partial charge in [-0.05, 0) is 35.9 Å². The topological polar surface area (TPSA) is 78.9 Å². The van der Waals surface area contributed by atoms with Gasteiger partial charge in [0, 0.05) is 36.1 Å². The number of amides is 1. The van der Waals surface area contributed by atoms with Gasteiger partial charge in [-0.1, -0.05) is 35.9 Å². The van der Waals surface area contributed by atoms with Gasteiger partial charge in [-0.15, -0.1) is 0 Å². The number of benzene rings is 2. The van der Waals surface area contributed by atoms with E-state index in [-0.39, 0.29) is 5.91 Å². The van der Waals surface area contributed by atoms with Gasteiger partial charge in [0.15, 0.2) is 0 Å². The van der Waals surface area contributed by atoms with Gasteiger partial charge in [-0.25, -0.2) is 4.98 Å². The summed E-state index contributed by atoms with van der Waals surface area (Å²) in [5, 5.41) is 9.81. The van der Waals surface area contributed by atoms with Crippen molar-refractivity contribution in [2.45, 2.75) is 13.5 Å². The molecule has 0 saturated heterocycles. The standard InChI is InChI=1S/C19H18ClN5O/c1-13(26)23-15-6-4-7-16(11-15)24-19-21-10-9-18(25-19)22-12-14-5-2-3-8-17(14)20/h2-11H,12H2,1H3,(H,23,26)(H2,21,22,24,25). The molecule has 6 nitrogen and oxygen atoms in total. The number of aromatic nitrogens is 2. The van der Waals surface area contributed by atoms with Crippen LogP contribution in [-0.4, -0.2) is 15.9 Å². The third-order valence-electron chi connectivity index (χ3n) is 3.51. The first-order chi connectivity index (χ1) is 12.6. The maximum Gasteiger partial charge on any atom is 0.229 e. The van der Waals surface area contributed by atoms with Crippen LogP contribution < -0.4 is 16.0 Å². The third kappa shape index (κ3) is 4.94. The van der Waals surface area contributed by atoms with Gasteiger partial charge in [-0.3, -0.25) is 4.79 Å². The van der Waals surface area contributed by atoms with E-state index >= 15 is 0 Å². The minimum Gasteiger partial charge on any atom is -0.366 e. The Morgan fingerprint density at radius 1 is 1.08 bits per heavy atom. The predicted octanol–water partition coefficient (Wildman–Crippen LogP) is 4.44. The number of hydrogen-bond donors (Lipinski definition) is 3. The highest BCUT2D eigenvalue weighted by Gasteiger charge is 2.03. The second kappa shape index (κ2) is 8.31. The summed E-state index contributed by atoms with van der Waals surface area (Å²) in [6, 6.07) is 16.8. The summed E-state index contributed by atoms with van der Waals surface area (Å²) < 4.78 is 0. The van der Waals surface area contributed by atoms with Gasteiger partial charge in [-0.2, -0.15) is 4.98 Å². The second-order valence-corrected chi connectivity index (χ2v) is 6.00. The SMILES string of the molecule is CC(=O)Nc1cccc(Nc2nccc(NCc3ccccc3Cl)n2)c1. The molecule has 26 heavy (non-hydrogen) atoms. The van der Waals surface area contributed by atoms with Gasteiger partial charge in [0.2, 0.25) is 11.9 Å². The Balaban J connectivity index is 1.67. The Morgan fingerprint density at radius 3 is 2.69 bits per heavy atom. The quantitative estimate of drug-likeness (QED) is 0.600. The van der Waals surface area contributed by atoms with Crippen molar-refractivity contribution in [3.8, 4) is 0 Å². The van der Waals surface area contributed by atoms with Crippen LogP contribution in [0.5, 0.6) is 0 Å². The van der Waals surface area contributed by atoms with Crippen LogP contribution in [0.4, 0.5) is 23.1 Å². The number of nitrogens with zero attached hydrogens (tertiary/aromatic N) is 2. The van der Waals surface area contributed by atoms with Gasteiger partial charge >= 0.3 is 0 Å². The van der Waals surface area contributed by atoms with E-state index in [1.54, 1.807) is 12.3 Å². The highest BCUT2D eigenvalue weighted by atomic mass is 35.5. The fraction of sp³-hybridized carbons (Fsp3) is 0.105. The van der Waals surface area contributed by atoms with E-state index < -0.39 is 0 Å². The van der Waals surface area contributed by atoms with E-state index in [0.29, 0.717) is 29.0 Å². The Kier molecular flexibility index (Phi) is 5.66. The van der Waals surface area contributed by atoms with Crippen LogP contribution in [0.25, 0.3) is 0 Å². The summed E-state index contributed by atoms with van der Waals surface area (Å²) in [6.45, 7) is 2.03. The summed E-state index contributed by atoms with van der Waals surface area (Å²) in [6.07, 6.45) is 1.67. The van der Waals surface area contributed by atoms with E-state index in [1.807, 2.05) is 48.5 Å². The fourth-order valence-electron chi connectivity index (χ4n) is 2.35. The highest BCUT2D eigenvalue weighted by molar-refractivity contribution is 6.31. The van der Waals surface area contributed by atoms with E-state index in [0.717, 1.165) is 11.3 Å². The van der Waals surface area contributed by atoms with Gasteiger partial charge in [0.05, 0.1) is 0 Å². The number of halogens is 1. The van der Waals surface area contributed by atoms with E-state index in [1.165, 1.54) is 6.92 Å². The molecule has 0 unspecified atom stereocenters. The molecular weight excluding hydrogens is 350 g/mol. The van der Waals surface area contributed by atoms with Crippen LogP contribution in [0.1, 0.15) is 12.5 Å². The van der Waals surface area contributed by atoms with E-state index in [9.17, 15) is 4.79 Å². The number of carbonyl (C=O) groups excluding carboxylic acids is 1. The van der Waals surface area contributed by atoms with Crippen molar-refractivity contribution < 1.29 is 4.79 Å². The van der Waals surface area contributed by atoms with Crippen LogP contribution in [0.15, 0.2) is 60.8 Å². The van der Waals surface area contributed by atoms with Crippen molar-refractivity contribution in [2.24, 2.45) is 0 Å². The molecule has 0 fully saturated rings. The lowest BCUT2D eigenvalue weighted by Crippen LogP contribution is -2.06. The van der Waals surface area contributed by atoms with E-state index in [4.69, 9.17) is 11.6 Å². The number of rotatable bonds is 6. The Hall–Kier alpha value is -3.12. The Bertz CT molecular complexity index is 916. The molecule has 3 rings (SSSR count). The average Bonchev–Trinajstić information content (AvgIpc) is 2.61. The molecule has 132 valence electrons. The van der Waals surface area contributed by atoms with Crippen molar-refractivity contribution >= 4 is 40.6 Å². The molecule has 0 saturated carbocycles. The summed E-state index contributed by atoms with van der Waals surface area (Å²) in [5.41, 5.74) is 2.47. The predicted molar refractivity (Wildman–Crippen MR) is 105 cm³/mol. The third-order valence-corrected chi connectivity index (χ3v) is 3.88. The number of carbonyl (C=O) groups is 1. The van der Waals surface area contributed by atoms with Crippen molar-refractivity contribution in [1.82, 2.24) is 9.97 Å². The van der Waals surface area contributed by atoms with Crippen molar-refractivity contribution in [3.63, 3.8) is 0 Å². The molecule has 3 N–H and O–H groups in total. The van der Waals surface area contributed by atoms with Gasteiger partial charge < -0.3 is 16.0 Å². The summed E-state index contributed by atoms with van der Waals surface area (Å²) in [5.74, 6) is 1.01. The van der Waals surface area contributed by atoms with Crippen molar-refractivity contribution in [1.29, 1.82) is 0 Å². The molecule has 0 aliphatic carbocycles. The van der Waals surface area contributed by atoms with Crippen LogP contribution in [0.2, 0.25) is 5.02 Å². The molecule has 1 aromatic heterocycles. The average molecular weight is 368 g/mol. The van der Waals surface area contributed by atoms with Crippen molar-refractivity contribution in [2.75, 3.05) is 16.0 Å². The Morgan fingerprint density at radius 2 is 1.88 bits per heavy atom. The maximum absolute atomic E-state index is 11.2. The largest absolute Gasteiger partial charge is 0.366 e. The molecule has 0 atom stereocenters. The normalized spacial score (nSPS) is 10.2. The minimum absolute atomic E-state index is 0.121. The molecule has 7 heteroatoms. The van der Waals surface area contributed by atoms with Crippen LogP contribution >= 0.6 is 11.6 Å². The fourth-order valence-corrected chi connectivity index (χ4v) is 2.55. The number of hydrogen-bond acceptors (Lipinski definition) is 5. The van der Waals surface area contributed by atoms with Crippen LogP contribution in [-0.2, 0) is 11.3 Å².